The Balaban J connectivity index is 1.52. The summed E-state index contributed by atoms with van der Waals surface area (Å²) in [5.74, 6) is 1.19. The van der Waals surface area contributed by atoms with E-state index in [1.807, 2.05) is 78.5 Å². The highest BCUT2D eigenvalue weighted by Crippen LogP contribution is 2.52. The SMILES string of the molecule is CC(C)[C@H](NC(=O)OC(C)(C)C)c1nc(C2(CN(C(=O)OC(C)(C)C)[C@@H]3C[C@H]3c3ccccc3)CC2)no1. The molecule has 0 bridgehead atoms. The van der Waals surface area contributed by atoms with Crippen LogP contribution in [0.3, 0.4) is 0 Å². The van der Waals surface area contributed by atoms with Crippen LogP contribution in [0.4, 0.5) is 9.59 Å². The molecule has 2 aliphatic carbocycles. The van der Waals surface area contributed by atoms with Gasteiger partial charge in [0.15, 0.2) is 5.82 Å². The molecule has 2 fully saturated rings. The van der Waals surface area contributed by atoms with Gasteiger partial charge in [-0.2, -0.15) is 4.98 Å². The Morgan fingerprint density at radius 2 is 1.71 bits per heavy atom. The summed E-state index contributed by atoms with van der Waals surface area (Å²) in [4.78, 5) is 32.4. The number of carbonyl (C=O) groups is 2. The van der Waals surface area contributed by atoms with Crippen molar-refractivity contribution in [1.82, 2.24) is 20.4 Å². The summed E-state index contributed by atoms with van der Waals surface area (Å²) in [6.07, 6.45) is 1.74. The summed E-state index contributed by atoms with van der Waals surface area (Å²) in [7, 11) is 0. The molecule has 2 aromatic rings. The molecule has 9 heteroatoms. The van der Waals surface area contributed by atoms with Crippen molar-refractivity contribution in [3.05, 3.63) is 47.6 Å². The van der Waals surface area contributed by atoms with Crippen molar-refractivity contribution in [3.63, 3.8) is 0 Å². The van der Waals surface area contributed by atoms with Crippen LogP contribution in [-0.4, -0.2) is 51.0 Å². The maximum atomic E-state index is 13.4. The van der Waals surface area contributed by atoms with Crippen molar-refractivity contribution in [1.29, 1.82) is 0 Å². The van der Waals surface area contributed by atoms with Crippen LogP contribution in [-0.2, 0) is 14.9 Å². The number of rotatable bonds is 8. The zero-order valence-corrected chi connectivity index (χ0v) is 23.9. The molecule has 1 aromatic carbocycles. The minimum absolute atomic E-state index is 0.00216. The molecule has 9 nitrogen and oxygen atoms in total. The molecule has 4 rings (SSSR count). The first-order valence-corrected chi connectivity index (χ1v) is 13.6. The molecule has 0 aliphatic heterocycles. The zero-order valence-electron chi connectivity index (χ0n) is 23.9. The number of aromatic nitrogens is 2. The molecule has 0 spiro atoms. The molecule has 2 aliphatic rings. The average molecular weight is 527 g/mol. The monoisotopic (exact) mass is 526 g/mol. The molecule has 3 atom stereocenters. The van der Waals surface area contributed by atoms with E-state index in [-0.39, 0.29) is 24.0 Å². The summed E-state index contributed by atoms with van der Waals surface area (Å²) < 4.78 is 16.9. The first-order valence-electron chi connectivity index (χ1n) is 13.6. The lowest BCUT2D eigenvalue weighted by Crippen LogP contribution is -2.43. The number of hydrogen-bond donors (Lipinski definition) is 1. The van der Waals surface area contributed by atoms with Gasteiger partial charge in [0.1, 0.15) is 17.2 Å². The van der Waals surface area contributed by atoms with Gasteiger partial charge in [-0.05, 0) is 72.3 Å². The van der Waals surface area contributed by atoms with Gasteiger partial charge in [-0.15, -0.1) is 0 Å². The minimum atomic E-state index is -0.616. The number of amides is 2. The Bertz CT molecular complexity index is 1130. The molecule has 2 amide bonds. The van der Waals surface area contributed by atoms with E-state index in [0.29, 0.717) is 18.3 Å². The van der Waals surface area contributed by atoms with Crippen molar-refractivity contribution in [3.8, 4) is 0 Å². The Kier molecular flexibility index (Phi) is 7.51. The van der Waals surface area contributed by atoms with E-state index in [1.165, 1.54) is 5.56 Å². The van der Waals surface area contributed by atoms with Crippen LogP contribution in [0, 0.1) is 5.92 Å². The van der Waals surface area contributed by atoms with Crippen LogP contribution in [0.5, 0.6) is 0 Å². The molecule has 0 radical (unpaired) electrons. The van der Waals surface area contributed by atoms with E-state index in [0.717, 1.165) is 19.3 Å². The van der Waals surface area contributed by atoms with Crippen LogP contribution in [0.15, 0.2) is 34.9 Å². The Hall–Kier alpha value is -3.10. The second kappa shape index (κ2) is 10.2. The fraction of sp³-hybridized carbons (Fsp3) is 0.655. The topological polar surface area (TPSA) is 107 Å². The Labute approximate surface area is 225 Å². The highest BCUT2D eigenvalue weighted by molar-refractivity contribution is 5.70. The maximum absolute atomic E-state index is 13.4. The standard InChI is InChI=1S/C29H42N4O5/c1-18(2)22(30-25(34)36-27(3,4)5)23-31-24(32-38-23)29(14-15-29)17-33(26(35)37-28(6,7)8)21-16-20(21)19-12-10-9-11-13-19/h9-13,18,20-22H,14-17H2,1-8H3,(H,30,34)/t20-,21+,22-/m0/s1. The van der Waals surface area contributed by atoms with Gasteiger partial charge in [0.05, 0.1) is 5.41 Å². The van der Waals surface area contributed by atoms with Crippen molar-refractivity contribution in [2.45, 2.75) is 109 Å². The number of carbonyl (C=O) groups excluding carboxylic acids is 2. The molecule has 2 saturated carbocycles. The Morgan fingerprint density at radius 3 is 2.26 bits per heavy atom. The van der Waals surface area contributed by atoms with Crippen molar-refractivity contribution in [2.75, 3.05) is 6.54 Å². The Morgan fingerprint density at radius 1 is 1.08 bits per heavy atom. The number of nitrogens with one attached hydrogen (secondary N) is 1. The van der Waals surface area contributed by atoms with Crippen LogP contribution in [0.25, 0.3) is 0 Å². The van der Waals surface area contributed by atoms with Gasteiger partial charge in [-0.25, -0.2) is 9.59 Å². The second-order valence-corrected chi connectivity index (χ2v) is 13.0. The minimum Gasteiger partial charge on any atom is -0.444 e. The third-order valence-corrected chi connectivity index (χ3v) is 6.86. The molecule has 1 aromatic heterocycles. The van der Waals surface area contributed by atoms with E-state index in [4.69, 9.17) is 19.0 Å². The molecule has 0 unspecified atom stereocenters. The van der Waals surface area contributed by atoms with Crippen LogP contribution < -0.4 is 5.32 Å². The number of benzene rings is 1. The van der Waals surface area contributed by atoms with Crippen molar-refractivity contribution in [2.24, 2.45) is 5.92 Å². The lowest BCUT2D eigenvalue weighted by molar-refractivity contribution is 0.0208. The third kappa shape index (κ3) is 6.85. The predicted octanol–water partition coefficient (Wildman–Crippen LogP) is 6.12. The van der Waals surface area contributed by atoms with E-state index in [2.05, 4.69) is 22.6 Å². The lowest BCUT2D eigenvalue weighted by atomic mass is 10.0. The van der Waals surface area contributed by atoms with Gasteiger partial charge >= 0.3 is 12.2 Å². The van der Waals surface area contributed by atoms with Crippen molar-refractivity contribution < 1.29 is 23.6 Å². The highest BCUT2D eigenvalue weighted by Gasteiger charge is 2.55. The highest BCUT2D eigenvalue weighted by atomic mass is 16.6. The first kappa shape index (κ1) is 27.9. The zero-order chi connectivity index (χ0) is 27.9. The fourth-order valence-corrected chi connectivity index (χ4v) is 4.68. The van der Waals surface area contributed by atoms with Gasteiger partial charge in [0, 0.05) is 18.5 Å². The summed E-state index contributed by atoms with van der Waals surface area (Å²) in [6.45, 7) is 15.5. The molecule has 1 N–H and O–H groups in total. The lowest BCUT2D eigenvalue weighted by Gasteiger charge is -2.30. The van der Waals surface area contributed by atoms with Gasteiger partial charge in [0.25, 0.3) is 0 Å². The fourth-order valence-electron chi connectivity index (χ4n) is 4.68. The molecule has 38 heavy (non-hydrogen) atoms. The summed E-state index contributed by atoms with van der Waals surface area (Å²) in [5, 5.41) is 7.19. The van der Waals surface area contributed by atoms with E-state index >= 15 is 0 Å². The normalized spacial score (nSPS) is 21.0. The van der Waals surface area contributed by atoms with Crippen molar-refractivity contribution >= 4 is 12.2 Å². The summed E-state index contributed by atoms with van der Waals surface area (Å²) >= 11 is 0. The number of alkyl carbamates (subject to hydrolysis) is 1. The second-order valence-electron chi connectivity index (χ2n) is 13.0. The maximum Gasteiger partial charge on any atom is 0.410 e. The van der Waals surface area contributed by atoms with Crippen LogP contribution >= 0.6 is 0 Å². The third-order valence-electron chi connectivity index (χ3n) is 6.86. The molecular formula is C29H42N4O5. The van der Waals surface area contributed by atoms with Gasteiger partial charge < -0.3 is 24.2 Å². The number of hydrogen-bond acceptors (Lipinski definition) is 7. The van der Waals surface area contributed by atoms with Gasteiger partial charge in [-0.1, -0.05) is 49.3 Å². The molecule has 208 valence electrons. The van der Waals surface area contributed by atoms with Crippen LogP contribution in [0.1, 0.15) is 104 Å². The largest absolute Gasteiger partial charge is 0.444 e. The summed E-state index contributed by atoms with van der Waals surface area (Å²) in [5.41, 5.74) is -0.378. The average Bonchev–Trinajstić information content (AvgIpc) is 3.70. The van der Waals surface area contributed by atoms with Gasteiger partial charge in [-0.3, -0.25) is 0 Å². The van der Waals surface area contributed by atoms with Gasteiger partial charge in [0.2, 0.25) is 5.89 Å². The quantitative estimate of drug-likeness (QED) is 0.442. The first-order chi connectivity index (χ1) is 17.7. The van der Waals surface area contributed by atoms with E-state index in [1.54, 1.807) is 0 Å². The van der Waals surface area contributed by atoms with E-state index < -0.39 is 28.8 Å². The predicted molar refractivity (Wildman–Crippen MR) is 143 cm³/mol. The molecule has 1 heterocycles. The van der Waals surface area contributed by atoms with Crippen LogP contribution in [0.2, 0.25) is 0 Å². The van der Waals surface area contributed by atoms with E-state index in [9.17, 15) is 9.59 Å². The molecule has 0 saturated heterocycles. The number of nitrogens with zero attached hydrogens (tertiary/aromatic N) is 3. The summed E-state index contributed by atoms with van der Waals surface area (Å²) in [6, 6.07) is 9.86. The number of ether oxygens (including phenoxy) is 2. The molecular weight excluding hydrogens is 484 g/mol. The smallest absolute Gasteiger partial charge is 0.410 e.